The number of rotatable bonds is 3. The third-order valence-corrected chi connectivity index (χ3v) is 4.97. The second kappa shape index (κ2) is 6.59. The maximum Gasteiger partial charge on any atom is 0.267 e. The number of carbonyl (C=O) groups excluding carboxylic acids is 2. The molecule has 4 rings (SSSR count). The lowest BCUT2D eigenvalue weighted by molar-refractivity contribution is 0.0712. The number of primary amides is 1. The van der Waals surface area contributed by atoms with Gasteiger partial charge in [0, 0.05) is 37.1 Å². The van der Waals surface area contributed by atoms with Gasteiger partial charge in [-0.1, -0.05) is 0 Å². The van der Waals surface area contributed by atoms with E-state index in [0.29, 0.717) is 24.6 Å². The van der Waals surface area contributed by atoms with Crippen molar-refractivity contribution < 1.29 is 9.59 Å². The summed E-state index contributed by atoms with van der Waals surface area (Å²) in [6.07, 6.45) is 7.04. The number of aromatic nitrogens is 3. The van der Waals surface area contributed by atoms with Gasteiger partial charge in [0.15, 0.2) is 0 Å². The number of nitrogens with zero attached hydrogens (tertiary/aromatic N) is 3. The Kier molecular flexibility index (Phi) is 4.12. The fourth-order valence-corrected chi connectivity index (χ4v) is 3.56. The highest BCUT2D eigenvalue weighted by Crippen LogP contribution is 2.32. The molecule has 0 aliphatic carbocycles. The normalized spacial score (nSPS) is 15.3. The maximum atomic E-state index is 12.6. The number of hydrogen-bond donors (Lipinski definition) is 2. The van der Waals surface area contributed by atoms with Crippen molar-refractivity contribution in [2.75, 3.05) is 13.1 Å². The summed E-state index contributed by atoms with van der Waals surface area (Å²) >= 11 is 0. The number of H-pyrrole nitrogens is 1. The summed E-state index contributed by atoms with van der Waals surface area (Å²) in [7, 11) is 0. The largest absolute Gasteiger partial charge is 0.364 e. The highest BCUT2D eigenvalue weighted by molar-refractivity contribution is 5.95. The van der Waals surface area contributed by atoms with Gasteiger partial charge in [-0.15, -0.1) is 0 Å². The molecular formula is C19H19N5O2. The van der Waals surface area contributed by atoms with Crippen molar-refractivity contribution in [3.63, 3.8) is 0 Å². The predicted molar refractivity (Wildman–Crippen MR) is 96.7 cm³/mol. The number of hydrogen-bond acceptors (Lipinski definition) is 4. The molecule has 26 heavy (non-hydrogen) atoms. The van der Waals surface area contributed by atoms with Crippen LogP contribution < -0.4 is 5.73 Å². The molecule has 3 N–H and O–H groups in total. The molecule has 1 aliphatic rings. The monoisotopic (exact) mass is 349 g/mol. The Morgan fingerprint density at radius 1 is 1.15 bits per heavy atom. The molecule has 132 valence electrons. The quantitative estimate of drug-likeness (QED) is 0.755. The molecule has 7 heteroatoms. The van der Waals surface area contributed by atoms with Crippen molar-refractivity contribution >= 4 is 22.8 Å². The molecule has 0 spiro atoms. The zero-order chi connectivity index (χ0) is 18.1. The average molecular weight is 349 g/mol. The van der Waals surface area contributed by atoms with E-state index in [9.17, 15) is 9.59 Å². The summed E-state index contributed by atoms with van der Waals surface area (Å²) in [5.74, 6) is -0.252. The van der Waals surface area contributed by atoms with E-state index in [4.69, 9.17) is 5.73 Å². The minimum Gasteiger partial charge on any atom is -0.364 e. The van der Waals surface area contributed by atoms with Gasteiger partial charge in [0.25, 0.3) is 11.8 Å². The lowest BCUT2D eigenvalue weighted by Gasteiger charge is -2.32. The molecule has 3 aromatic rings. The first kappa shape index (κ1) is 16.3. The van der Waals surface area contributed by atoms with Crippen LogP contribution in [0, 0.1) is 0 Å². The van der Waals surface area contributed by atoms with E-state index >= 15 is 0 Å². The first-order valence-electron chi connectivity index (χ1n) is 8.60. The van der Waals surface area contributed by atoms with Gasteiger partial charge in [0.05, 0.1) is 5.56 Å². The molecule has 0 saturated carbocycles. The number of likely N-dealkylation sites (tertiary alicyclic amines) is 1. The summed E-state index contributed by atoms with van der Waals surface area (Å²) in [5, 5.41) is 1.16. The number of nitrogens with one attached hydrogen (secondary N) is 1. The molecule has 4 heterocycles. The minimum atomic E-state index is -0.599. The lowest BCUT2D eigenvalue weighted by atomic mass is 9.89. The van der Waals surface area contributed by atoms with Gasteiger partial charge in [-0.25, -0.2) is 4.98 Å². The van der Waals surface area contributed by atoms with Crippen LogP contribution in [0.2, 0.25) is 0 Å². The van der Waals surface area contributed by atoms with Crippen LogP contribution in [0.4, 0.5) is 0 Å². The van der Waals surface area contributed by atoms with Crippen molar-refractivity contribution in [1.82, 2.24) is 19.9 Å². The van der Waals surface area contributed by atoms with Crippen LogP contribution in [-0.4, -0.2) is 44.8 Å². The molecule has 0 bridgehead atoms. The van der Waals surface area contributed by atoms with Crippen LogP contribution in [0.15, 0.2) is 42.9 Å². The topological polar surface area (TPSA) is 105 Å². The van der Waals surface area contributed by atoms with Crippen molar-refractivity contribution in [3.05, 3.63) is 59.7 Å². The van der Waals surface area contributed by atoms with E-state index in [-0.39, 0.29) is 11.6 Å². The van der Waals surface area contributed by atoms with Gasteiger partial charge < -0.3 is 15.6 Å². The Hall–Kier alpha value is -3.22. The molecule has 1 fully saturated rings. The zero-order valence-electron chi connectivity index (χ0n) is 14.2. The molecule has 7 nitrogen and oxygen atoms in total. The van der Waals surface area contributed by atoms with Crippen LogP contribution in [0.3, 0.4) is 0 Å². The number of carbonyl (C=O) groups is 2. The second-order valence-electron chi connectivity index (χ2n) is 6.51. The van der Waals surface area contributed by atoms with Gasteiger partial charge >= 0.3 is 0 Å². The van der Waals surface area contributed by atoms with Crippen LogP contribution in [0.25, 0.3) is 11.0 Å². The molecule has 3 aromatic heterocycles. The molecule has 2 amide bonds. The van der Waals surface area contributed by atoms with Gasteiger partial charge in [-0.3, -0.25) is 14.6 Å². The zero-order valence-corrected chi connectivity index (χ0v) is 14.2. The summed E-state index contributed by atoms with van der Waals surface area (Å²) in [5.41, 5.74) is 7.99. The third kappa shape index (κ3) is 2.92. The number of fused-ring (bicyclic) bond motifs is 1. The summed E-state index contributed by atoms with van der Waals surface area (Å²) in [6.45, 7) is 1.38. The Labute approximate surface area is 150 Å². The van der Waals surface area contributed by atoms with Crippen molar-refractivity contribution in [3.8, 4) is 0 Å². The molecule has 0 aromatic carbocycles. The predicted octanol–water partition coefficient (Wildman–Crippen LogP) is 2.08. The van der Waals surface area contributed by atoms with Crippen LogP contribution in [0.5, 0.6) is 0 Å². The maximum absolute atomic E-state index is 12.6. The number of pyridine rings is 2. The van der Waals surface area contributed by atoms with E-state index in [1.54, 1.807) is 12.3 Å². The van der Waals surface area contributed by atoms with E-state index in [1.807, 2.05) is 17.2 Å². The van der Waals surface area contributed by atoms with Crippen molar-refractivity contribution in [2.24, 2.45) is 5.73 Å². The number of nitrogens with two attached hydrogens (primary N) is 1. The number of amides is 2. The molecule has 0 unspecified atom stereocenters. The van der Waals surface area contributed by atoms with Crippen LogP contribution >= 0.6 is 0 Å². The Morgan fingerprint density at radius 2 is 1.96 bits per heavy atom. The Balaban J connectivity index is 1.44. The second-order valence-corrected chi connectivity index (χ2v) is 6.51. The SMILES string of the molecule is NC(=O)c1ccc(C(=O)N2CCC(c3c[nH]c4ncccc34)CC2)cn1. The van der Waals surface area contributed by atoms with Crippen molar-refractivity contribution in [2.45, 2.75) is 18.8 Å². The Morgan fingerprint density at radius 3 is 2.65 bits per heavy atom. The van der Waals surface area contributed by atoms with Gasteiger partial charge in [-0.2, -0.15) is 0 Å². The van der Waals surface area contributed by atoms with E-state index < -0.39 is 5.91 Å². The molecule has 0 atom stereocenters. The summed E-state index contributed by atoms with van der Waals surface area (Å²) in [6, 6.07) is 7.12. The number of piperidine rings is 1. The number of aromatic amines is 1. The fourth-order valence-electron chi connectivity index (χ4n) is 3.56. The van der Waals surface area contributed by atoms with Gasteiger partial charge in [0.2, 0.25) is 0 Å². The third-order valence-electron chi connectivity index (χ3n) is 4.97. The summed E-state index contributed by atoms with van der Waals surface area (Å²) in [4.78, 5) is 37.1. The summed E-state index contributed by atoms with van der Waals surface area (Å²) < 4.78 is 0. The van der Waals surface area contributed by atoms with E-state index in [0.717, 1.165) is 23.9 Å². The van der Waals surface area contributed by atoms with Crippen LogP contribution in [-0.2, 0) is 0 Å². The highest BCUT2D eigenvalue weighted by Gasteiger charge is 2.26. The van der Waals surface area contributed by atoms with Crippen LogP contribution in [0.1, 0.15) is 45.2 Å². The van der Waals surface area contributed by atoms with Gasteiger partial charge in [0.1, 0.15) is 11.3 Å². The van der Waals surface area contributed by atoms with E-state index in [1.165, 1.54) is 17.8 Å². The molecule has 1 saturated heterocycles. The molecule has 1 aliphatic heterocycles. The minimum absolute atomic E-state index is 0.0624. The first-order chi connectivity index (χ1) is 12.6. The molecule has 0 radical (unpaired) electrons. The lowest BCUT2D eigenvalue weighted by Crippen LogP contribution is -2.38. The first-order valence-corrected chi connectivity index (χ1v) is 8.60. The Bertz CT molecular complexity index is 955. The average Bonchev–Trinajstić information content (AvgIpc) is 3.12. The highest BCUT2D eigenvalue weighted by atomic mass is 16.2. The standard InChI is InChI=1S/C19H19N5O2/c20-17(25)16-4-3-13(10-22-16)19(26)24-8-5-12(6-9-24)15-11-23-18-14(15)2-1-7-21-18/h1-4,7,10-12H,5-6,8-9H2,(H2,20,25)(H,21,23). The fraction of sp³-hybridized carbons (Fsp3) is 0.263. The van der Waals surface area contributed by atoms with Gasteiger partial charge in [-0.05, 0) is 48.6 Å². The van der Waals surface area contributed by atoms with Crippen molar-refractivity contribution in [1.29, 1.82) is 0 Å². The smallest absolute Gasteiger partial charge is 0.267 e. The van der Waals surface area contributed by atoms with E-state index in [2.05, 4.69) is 21.0 Å². The molecular weight excluding hydrogens is 330 g/mol.